The second-order valence-electron chi connectivity index (χ2n) is 9.06. The number of alkyl halides is 3. The van der Waals surface area contributed by atoms with Crippen molar-refractivity contribution in [1.82, 2.24) is 9.88 Å². The van der Waals surface area contributed by atoms with Crippen LogP contribution in [0.25, 0.3) is 22.6 Å². The number of benzene rings is 3. The van der Waals surface area contributed by atoms with E-state index in [1.165, 1.54) is 12.1 Å². The maximum Gasteiger partial charge on any atom is 0.416 e. The number of likely N-dealkylation sites (tertiary alicyclic amines) is 1. The number of carbonyl (C=O) groups is 2. The first-order valence-electron chi connectivity index (χ1n) is 12.0. The van der Waals surface area contributed by atoms with Crippen LogP contribution in [0.15, 0.2) is 71.1 Å². The highest BCUT2D eigenvalue weighted by molar-refractivity contribution is 5.96. The molecule has 0 unspecified atom stereocenters. The zero-order chi connectivity index (χ0) is 26.9. The number of rotatable bonds is 5. The lowest BCUT2D eigenvalue weighted by Gasteiger charge is -2.31. The van der Waals surface area contributed by atoms with E-state index in [9.17, 15) is 22.8 Å². The van der Waals surface area contributed by atoms with E-state index in [4.69, 9.17) is 9.15 Å². The first-order valence-corrected chi connectivity index (χ1v) is 12.0. The molecule has 38 heavy (non-hydrogen) atoms. The third-order valence-electron chi connectivity index (χ3n) is 6.61. The molecule has 196 valence electrons. The fraction of sp³-hybridized carbons (Fsp3) is 0.250. The maximum atomic E-state index is 12.9. The Hall–Kier alpha value is -4.34. The Morgan fingerprint density at radius 3 is 2.32 bits per heavy atom. The quantitative estimate of drug-likeness (QED) is 0.346. The summed E-state index contributed by atoms with van der Waals surface area (Å²) in [6, 6.07) is 16.7. The number of ether oxygens (including phenoxy) is 1. The van der Waals surface area contributed by atoms with E-state index in [-0.39, 0.29) is 23.3 Å². The highest BCUT2D eigenvalue weighted by Crippen LogP contribution is 2.30. The first-order chi connectivity index (χ1) is 18.2. The second kappa shape index (κ2) is 10.2. The van der Waals surface area contributed by atoms with E-state index in [1.54, 1.807) is 30.2 Å². The molecule has 0 spiro atoms. The molecule has 7 nitrogen and oxygen atoms in total. The van der Waals surface area contributed by atoms with Gasteiger partial charge in [0.05, 0.1) is 12.7 Å². The fourth-order valence-corrected chi connectivity index (χ4v) is 4.43. The third-order valence-corrected chi connectivity index (χ3v) is 6.61. The Morgan fingerprint density at radius 2 is 1.68 bits per heavy atom. The lowest BCUT2D eigenvalue weighted by molar-refractivity contribution is -0.137. The van der Waals surface area contributed by atoms with Crippen LogP contribution >= 0.6 is 0 Å². The number of amides is 2. The standard InChI is InChI=1S/C28H24F3N3O4/c1-37-22-9-4-18(5-10-22)26-33-23-11-8-21(16-24(23)38-26)32-25(35)17-12-14-34(15-13-17)27(36)19-2-6-20(7-3-19)28(29,30)31/h2-11,16-17H,12-15H2,1H3,(H,32,35). The van der Waals surface area contributed by atoms with Gasteiger partial charge >= 0.3 is 6.18 Å². The molecule has 1 saturated heterocycles. The molecule has 0 radical (unpaired) electrons. The number of fused-ring (bicyclic) bond motifs is 1. The van der Waals surface area contributed by atoms with Crippen molar-refractivity contribution in [3.05, 3.63) is 77.9 Å². The summed E-state index contributed by atoms with van der Waals surface area (Å²) in [6.07, 6.45) is -3.56. The van der Waals surface area contributed by atoms with E-state index in [2.05, 4.69) is 10.3 Å². The van der Waals surface area contributed by atoms with Crippen LogP contribution in [0.3, 0.4) is 0 Å². The molecule has 1 aromatic heterocycles. The largest absolute Gasteiger partial charge is 0.497 e. The van der Waals surface area contributed by atoms with Gasteiger partial charge in [0.25, 0.3) is 5.91 Å². The minimum atomic E-state index is -4.45. The molecule has 1 N–H and O–H groups in total. The Kier molecular flexibility index (Phi) is 6.79. The van der Waals surface area contributed by atoms with Gasteiger partial charge in [0.15, 0.2) is 5.58 Å². The van der Waals surface area contributed by atoms with Crippen LogP contribution in [0.2, 0.25) is 0 Å². The minimum absolute atomic E-state index is 0.166. The Bertz CT molecular complexity index is 1460. The lowest BCUT2D eigenvalue weighted by atomic mass is 9.95. The molecule has 4 aromatic rings. The molecule has 2 amide bonds. The Balaban J connectivity index is 1.19. The first kappa shape index (κ1) is 25.3. The van der Waals surface area contributed by atoms with Crippen molar-refractivity contribution >= 4 is 28.6 Å². The Morgan fingerprint density at radius 1 is 1.00 bits per heavy atom. The average Bonchev–Trinajstić information content (AvgIpc) is 3.36. The monoisotopic (exact) mass is 523 g/mol. The van der Waals surface area contributed by atoms with Gasteiger partial charge in [-0.15, -0.1) is 0 Å². The summed E-state index contributed by atoms with van der Waals surface area (Å²) >= 11 is 0. The number of hydrogen-bond donors (Lipinski definition) is 1. The van der Waals surface area contributed by atoms with E-state index < -0.39 is 11.7 Å². The van der Waals surface area contributed by atoms with Gasteiger partial charge in [-0.1, -0.05) is 0 Å². The van der Waals surface area contributed by atoms with Crippen LogP contribution < -0.4 is 10.1 Å². The summed E-state index contributed by atoms with van der Waals surface area (Å²) in [4.78, 5) is 31.7. The summed E-state index contributed by atoms with van der Waals surface area (Å²) in [7, 11) is 1.59. The maximum absolute atomic E-state index is 12.9. The highest BCUT2D eigenvalue weighted by atomic mass is 19.4. The van der Waals surface area contributed by atoms with Gasteiger partial charge in [0.2, 0.25) is 11.8 Å². The van der Waals surface area contributed by atoms with Gasteiger partial charge in [-0.05, 0) is 73.5 Å². The van der Waals surface area contributed by atoms with Crippen LogP contribution in [0, 0.1) is 5.92 Å². The number of nitrogens with one attached hydrogen (secondary N) is 1. The molecular weight excluding hydrogens is 499 g/mol. The summed E-state index contributed by atoms with van der Waals surface area (Å²) < 4.78 is 49.4. The summed E-state index contributed by atoms with van der Waals surface area (Å²) in [5.74, 6) is 0.370. The van der Waals surface area contributed by atoms with Gasteiger partial charge in [-0.2, -0.15) is 13.2 Å². The molecule has 2 heterocycles. The van der Waals surface area contributed by atoms with Gasteiger partial charge in [0.1, 0.15) is 11.3 Å². The van der Waals surface area contributed by atoms with Crippen molar-refractivity contribution < 1.29 is 31.9 Å². The SMILES string of the molecule is COc1ccc(-c2nc3ccc(NC(=O)C4CCN(C(=O)c5ccc(C(F)(F)F)cc5)CC4)cc3o2)cc1. The van der Waals surface area contributed by atoms with Crippen molar-refractivity contribution in [2.45, 2.75) is 19.0 Å². The normalized spacial score (nSPS) is 14.5. The topological polar surface area (TPSA) is 84.7 Å². The molecule has 1 aliphatic heterocycles. The van der Waals surface area contributed by atoms with Crippen LogP contribution in [0.4, 0.5) is 18.9 Å². The zero-order valence-corrected chi connectivity index (χ0v) is 20.4. The van der Waals surface area contributed by atoms with Gasteiger partial charge < -0.3 is 19.4 Å². The molecule has 0 atom stereocenters. The lowest BCUT2D eigenvalue weighted by Crippen LogP contribution is -2.41. The van der Waals surface area contributed by atoms with Crippen LogP contribution in [0.5, 0.6) is 5.75 Å². The van der Waals surface area contributed by atoms with Crippen molar-refractivity contribution in [2.24, 2.45) is 5.92 Å². The minimum Gasteiger partial charge on any atom is -0.497 e. The summed E-state index contributed by atoms with van der Waals surface area (Å²) in [6.45, 7) is 0.675. The van der Waals surface area contributed by atoms with E-state index in [0.29, 0.717) is 48.6 Å². The zero-order valence-electron chi connectivity index (χ0n) is 20.4. The number of oxazole rings is 1. The van der Waals surface area contributed by atoms with Crippen LogP contribution in [-0.2, 0) is 11.0 Å². The number of aromatic nitrogens is 1. The molecule has 10 heteroatoms. The molecule has 5 rings (SSSR count). The molecule has 0 saturated carbocycles. The number of nitrogens with zero attached hydrogens (tertiary/aromatic N) is 2. The van der Waals surface area contributed by atoms with Crippen LogP contribution in [-0.4, -0.2) is 41.9 Å². The number of methoxy groups -OCH3 is 1. The number of carbonyl (C=O) groups excluding carboxylic acids is 2. The van der Waals surface area contributed by atoms with Crippen molar-refractivity contribution in [3.63, 3.8) is 0 Å². The van der Waals surface area contributed by atoms with E-state index >= 15 is 0 Å². The van der Waals surface area contributed by atoms with Crippen molar-refractivity contribution in [1.29, 1.82) is 0 Å². The van der Waals surface area contributed by atoms with Gasteiger partial charge in [-0.3, -0.25) is 9.59 Å². The smallest absolute Gasteiger partial charge is 0.416 e. The molecule has 0 bridgehead atoms. The molecular formula is C28H24F3N3O4. The number of piperidine rings is 1. The summed E-state index contributed by atoms with van der Waals surface area (Å²) in [5.41, 5.74) is 1.95. The molecule has 1 aliphatic rings. The van der Waals surface area contributed by atoms with Gasteiger partial charge in [-0.25, -0.2) is 4.98 Å². The number of anilines is 1. The highest BCUT2D eigenvalue weighted by Gasteiger charge is 2.31. The number of hydrogen-bond acceptors (Lipinski definition) is 5. The van der Waals surface area contributed by atoms with Crippen molar-refractivity contribution in [2.75, 3.05) is 25.5 Å². The molecule has 3 aromatic carbocycles. The second-order valence-corrected chi connectivity index (χ2v) is 9.06. The van der Waals surface area contributed by atoms with E-state index in [0.717, 1.165) is 23.4 Å². The van der Waals surface area contributed by atoms with E-state index in [1.807, 2.05) is 24.3 Å². The summed E-state index contributed by atoms with van der Waals surface area (Å²) in [5, 5.41) is 2.91. The predicted octanol–water partition coefficient (Wildman–Crippen LogP) is 6.01. The predicted molar refractivity (Wildman–Crippen MR) is 135 cm³/mol. The third kappa shape index (κ3) is 5.34. The Labute approximate surface area is 216 Å². The fourth-order valence-electron chi connectivity index (χ4n) is 4.43. The molecule has 0 aliphatic carbocycles. The van der Waals surface area contributed by atoms with Gasteiger partial charge in [0, 0.05) is 41.9 Å². The average molecular weight is 524 g/mol. The molecule has 1 fully saturated rings. The number of halogens is 3. The van der Waals surface area contributed by atoms with Crippen LogP contribution in [0.1, 0.15) is 28.8 Å². The van der Waals surface area contributed by atoms with Crippen molar-refractivity contribution in [3.8, 4) is 17.2 Å².